The van der Waals surface area contributed by atoms with Crippen molar-refractivity contribution in [1.82, 2.24) is 9.88 Å². The van der Waals surface area contributed by atoms with E-state index >= 15 is 0 Å². The average molecular weight is 507 g/mol. The minimum absolute atomic E-state index is 0.259. The van der Waals surface area contributed by atoms with Gasteiger partial charge in [0.1, 0.15) is 11.6 Å². The normalized spacial score (nSPS) is 14.8. The van der Waals surface area contributed by atoms with Gasteiger partial charge in [-0.2, -0.15) is 0 Å². The summed E-state index contributed by atoms with van der Waals surface area (Å²) in [6.07, 6.45) is 4.80. The molecule has 1 fully saturated rings. The Labute approximate surface area is 215 Å². The van der Waals surface area contributed by atoms with Crippen molar-refractivity contribution in [3.63, 3.8) is 0 Å². The van der Waals surface area contributed by atoms with Crippen LogP contribution in [0.1, 0.15) is 19.3 Å². The third kappa shape index (κ3) is 5.77. The summed E-state index contributed by atoms with van der Waals surface area (Å²) in [6, 6.07) is 21.2. The van der Waals surface area contributed by atoms with Crippen LogP contribution in [-0.4, -0.2) is 42.1 Å². The lowest BCUT2D eigenvalue weighted by Crippen LogP contribution is -2.43. The van der Waals surface area contributed by atoms with E-state index in [1.54, 1.807) is 30.5 Å². The first-order valence-corrected chi connectivity index (χ1v) is 12.8. The summed E-state index contributed by atoms with van der Waals surface area (Å²) < 4.78 is 27.1. The van der Waals surface area contributed by atoms with Gasteiger partial charge in [0.2, 0.25) is 0 Å². The number of fused-ring (bicyclic) bond motifs is 1. The summed E-state index contributed by atoms with van der Waals surface area (Å²) in [5.74, 6) is -0.519. The largest absolute Gasteiger partial charge is 0.384 e. The third-order valence-electron chi connectivity index (χ3n) is 6.80. The summed E-state index contributed by atoms with van der Waals surface area (Å²) in [5, 5.41) is 5.31. The molecule has 1 aromatic heterocycles. The van der Waals surface area contributed by atoms with Crippen molar-refractivity contribution in [3.8, 4) is 0 Å². The second kappa shape index (κ2) is 11.2. The molecule has 0 aliphatic carbocycles. The van der Waals surface area contributed by atoms with Crippen LogP contribution in [-0.2, 0) is 0 Å². The maximum atomic E-state index is 13.6. The zero-order valence-corrected chi connectivity index (χ0v) is 20.8. The Morgan fingerprint density at radius 1 is 0.889 bits per heavy atom. The van der Waals surface area contributed by atoms with Gasteiger partial charge in [0, 0.05) is 59.3 Å². The summed E-state index contributed by atoms with van der Waals surface area (Å²) in [5.41, 5.74) is 3.82. The Hall–Kier alpha value is -3.22. The number of nitrogens with one attached hydrogen (secondary N) is 1. The fourth-order valence-corrected chi connectivity index (χ4v) is 5.14. The van der Waals surface area contributed by atoms with E-state index in [9.17, 15) is 8.78 Å². The van der Waals surface area contributed by atoms with Crippen molar-refractivity contribution in [1.29, 1.82) is 0 Å². The molecule has 0 saturated carbocycles. The predicted octanol–water partition coefficient (Wildman–Crippen LogP) is 7.27. The summed E-state index contributed by atoms with van der Waals surface area (Å²) in [4.78, 5) is 9.12. The number of hydrogen-bond acceptors (Lipinski definition) is 4. The molecule has 7 heteroatoms. The van der Waals surface area contributed by atoms with Crippen LogP contribution < -0.4 is 10.2 Å². The molecular formula is C29H29ClF2N4. The number of rotatable bonds is 8. The van der Waals surface area contributed by atoms with Gasteiger partial charge in [-0.1, -0.05) is 11.6 Å². The Bertz CT molecular complexity index is 1240. The minimum atomic E-state index is -0.259. The number of piperidine rings is 1. The van der Waals surface area contributed by atoms with Gasteiger partial charge < -0.3 is 15.1 Å². The molecule has 186 valence electrons. The minimum Gasteiger partial charge on any atom is -0.384 e. The highest BCUT2D eigenvalue weighted by molar-refractivity contribution is 6.31. The first kappa shape index (κ1) is 24.5. The fraction of sp³-hybridized carbons (Fsp3) is 0.276. The summed E-state index contributed by atoms with van der Waals surface area (Å²) in [7, 11) is 0. The zero-order valence-electron chi connectivity index (χ0n) is 20.0. The Morgan fingerprint density at radius 2 is 1.53 bits per heavy atom. The lowest BCUT2D eigenvalue weighted by atomic mass is 10.0. The van der Waals surface area contributed by atoms with E-state index in [0.29, 0.717) is 5.02 Å². The summed E-state index contributed by atoms with van der Waals surface area (Å²) in [6.45, 7) is 3.86. The molecule has 1 N–H and O–H groups in total. The second-order valence-corrected chi connectivity index (χ2v) is 9.63. The fourth-order valence-electron chi connectivity index (χ4n) is 4.98. The monoisotopic (exact) mass is 506 g/mol. The number of halogens is 3. The standard InChI is InChI=1S/C29H29ClF2N4/c30-21-2-11-27-28(12-16-34-29(27)20-21)33-15-1-17-35-18-13-26(14-19-35)36(24-7-3-22(31)4-8-24)25-9-5-23(32)6-10-25/h2-12,16,20,26H,1,13-15,17-19H2,(H,33,34). The highest BCUT2D eigenvalue weighted by atomic mass is 35.5. The van der Waals surface area contributed by atoms with Crippen LogP contribution in [0.15, 0.2) is 79.0 Å². The van der Waals surface area contributed by atoms with Gasteiger partial charge in [-0.25, -0.2) is 8.78 Å². The molecule has 0 spiro atoms. The molecule has 0 amide bonds. The van der Waals surface area contributed by atoms with E-state index in [1.165, 1.54) is 24.3 Å². The van der Waals surface area contributed by atoms with Gasteiger partial charge in [0.15, 0.2) is 0 Å². The number of benzene rings is 3. The molecule has 0 bridgehead atoms. The van der Waals surface area contributed by atoms with Crippen molar-refractivity contribution in [2.24, 2.45) is 0 Å². The van der Waals surface area contributed by atoms with Gasteiger partial charge in [0.05, 0.1) is 5.52 Å². The number of nitrogens with zero attached hydrogens (tertiary/aromatic N) is 3. The van der Waals surface area contributed by atoms with E-state index in [-0.39, 0.29) is 17.7 Å². The van der Waals surface area contributed by atoms with Crippen LogP contribution in [0.25, 0.3) is 10.9 Å². The highest BCUT2D eigenvalue weighted by Crippen LogP contribution is 2.32. The van der Waals surface area contributed by atoms with Crippen LogP contribution in [0.2, 0.25) is 5.02 Å². The summed E-state index contributed by atoms with van der Waals surface area (Å²) >= 11 is 6.10. The lowest BCUT2D eigenvalue weighted by molar-refractivity contribution is 0.212. The number of anilines is 3. The molecule has 1 saturated heterocycles. The van der Waals surface area contributed by atoms with E-state index in [4.69, 9.17) is 11.6 Å². The SMILES string of the molecule is Fc1ccc(N(c2ccc(F)cc2)C2CCN(CCCNc3ccnc4cc(Cl)ccc34)CC2)cc1. The molecular weight excluding hydrogens is 478 g/mol. The first-order valence-electron chi connectivity index (χ1n) is 12.4. The highest BCUT2D eigenvalue weighted by Gasteiger charge is 2.26. The number of hydrogen-bond donors (Lipinski definition) is 1. The maximum absolute atomic E-state index is 13.6. The van der Waals surface area contributed by atoms with Crippen molar-refractivity contribution in [2.45, 2.75) is 25.3 Å². The zero-order chi connectivity index (χ0) is 24.9. The van der Waals surface area contributed by atoms with Crippen LogP contribution in [0.4, 0.5) is 25.8 Å². The van der Waals surface area contributed by atoms with Gasteiger partial charge in [-0.3, -0.25) is 4.98 Å². The molecule has 1 aliphatic heterocycles. The Morgan fingerprint density at radius 3 is 2.17 bits per heavy atom. The van der Waals surface area contributed by atoms with Crippen LogP contribution >= 0.6 is 11.6 Å². The van der Waals surface area contributed by atoms with Gasteiger partial charge >= 0.3 is 0 Å². The van der Waals surface area contributed by atoms with Crippen molar-refractivity contribution < 1.29 is 8.78 Å². The third-order valence-corrected chi connectivity index (χ3v) is 7.04. The Balaban J connectivity index is 1.16. The maximum Gasteiger partial charge on any atom is 0.123 e. The lowest BCUT2D eigenvalue weighted by Gasteiger charge is -2.40. The van der Waals surface area contributed by atoms with E-state index in [0.717, 1.165) is 73.4 Å². The predicted molar refractivity (Wildman–Crippen MR) is 144 cm³/mol. The average Bonchev–Trinajstić information content (AvgIpc) is 2.89. The molecule has 0 unspecified atom stereocenters. The Kier molecular flexibility index (Phi) is 7.63. The van der Waals surface area contributed by atoms with Crippen molar-refractivity contribution in [2.75, 3.05) is 36.4 Å². The van der Waals surface area contributed by atoms with Crippen LogP contribution in [0.3, 0.4) is 0 Å². The molecule has 3 aromatic carbocycles. The van der Waals surface area contributed by atoms with E-state index in [2.05, 4.69) is 20.1 Å². The number of pyridine rings is 1. The van der Waals surface area contributed by atoms with E-state index in [1.807, 2.05) is 24.3 Å². The van der Waals surface area contributed by atoms with Gasteiger partial charge in [-0.05, 0) is 98.6 Å². The van der Waals surface area contributed by atoms with Crippen LogP contribution in [0, 0.1) is 11.6 Å². The molecule has 36 heavy (non-hydrogen) atoms. The molecule has 2 heterocycles. The van der Waals surface area contributed by atoms with Gasteiger partial charge in [0.25, 0.3) is 0 Å². The molecule has 4 nitrogen and oxygen atoms in total. The molecule has 0 atom stereocenters. The molecule has 5 rings (SSSR count). The number of aromatic nitrogens is 1. The topological polar surface area (TPSA) is 31.4 Å². The molecule has 0 radical (unpaired) electrons. The first-order chi connectivity index (χ1) is 17.6. The van der Waals surface area contributed by atoms with E-state index < -0.39 is 0 Å². The number of likely N-dealkylation sites (tertiary alicyclic amines) is 1. The van der Waals surface area contributed by atoms with Crippen LogP contribution in [0.5, 0.6) is 0 Å². The van der Waals surface area contributed by atoms with Crippen molar-refractivity contribution in [3.05, 3.63) is 95.7 Å². The quantitative estimate of drug-likeness (QED) is 0.255. The smallest absolute Gasteiger partial charge is 0.123 e. The molecule has 4 aromatic rings. The van der Waals surface area contributed by atoms with Gasteiger partial charge in [-0.15, -0.1) is 0 Å². The molecule has 1 aliphatic rings. The van der Waals surface area contributed by atoms with Crippen molar-refractivity contribution >= 4 is 39.6 Å². The second-order valence-electron chi connectivity index (χ2n) is 9.20.